The van der Waals surface area contributed by atoms with Gasteiger partial charge in [0.1, 0.15) is 11.4 Å². The number of rotatable bonds is 2. The second kappa shape index (κ2) is 6.53. The molecular weight excluding hydrogens is 394 g/mol. The second-order valence-electron chi connectivity index (χ2n) is 7.57. The highest BCUT2D eigenvalue weighted by atomic mass is 35.5. The normalized spacial score (nSPS) is 19.9. The molecule has 1 fully saturated rings. The maximum atomic E-state index is 13.0. The zero-order valence-electron chi connectivity index (χ0n) is 15.7. The molecule has 2 N–H and O–H groups in total. The molecular formula is C20H18ClN5O3. The first-order chi connectivity index (χ1) is 13.9. The number of hydrogen-bond donors (Lipinski definition) is 2. The third-order valence-electron chi connectivity index (χ3n) is 5.63. The fraction of sp³-hybridized carbons (Fsp3) is 0.300. The van der Waals surface area contributed by atoms with Gasteiger partial charge in [0.2, 0.25) is 0 Å². The Morgan fingerprint density at radius 1 is 1.17 bits per heavy atom. The molecule has 0 saturated carbocycles. The molecule has 8 nitrogen and oxygen atoms in total. The third kappa shape index (κ3) is 2.79. The third-order valence-corrected chi connectivity index (χ3v) is 5.95. The summed E-state index contributed by atoms with van der Waals surface area (Å²) in [5.74, 6) is -0.271. The molecule has 2 aromatic heterocycles. The summed E-state index contributed by atoms with van der Waals surface area (Å²) in [5.41, 5.74) is 1.63. The number of fused-ring (bicyclic) bond motifs is 2. The average molecular weight is 412 g/mol. The number of nitrogens with zero attached hydrogens (tertiary/aromatic N) is 3. The van der Waals surface area contributed by atoms with Crippen molar-refractivity contribution in [3.8, 4) is 11.4 Å². The summed E-state index contributed by atoms with van der Waals surface area (Å²) in [4.78, 5) is 51.8. The van der Waals surface area contributed by atoms with E-state index in [1.165, 1.54) is 11.1 Å². The van der Waals surface area contributed by atoms with Crippen LogP contribution in [-0.4, -0.2) is 62.7 Å². The minimum Gasteiger partial charge on any atom is -0.338 e. The summed E-state index contributed by atoms with van der Waals surface area (Å²) >= 11 is 6.16. The minimum atomic E-state index is -0.371. The number of carbonyl (C=O) groups excluding carboxylic acids is 2. The highest BCUT2D eigenvalue weighted by molar-refractivity contribution is 6.33. The highest BCUT2D eigenvalue weighted by Gasteiger charge is 2.41. The molecule has 0 bridgehead atoms. The number of piperidine rings is 1. The van der Waals surface area contributed by atoms with Crippen molar-refractivity contribution in [3.05, 3.63) is 50.9 Å². The van der Waals surface area contributed by atoms with Gasteiger partial charge in [0.25, 0.3) is 17.4 Å². The summed E-state index contributed by atoms with van der Waals surface area (Å²) in [6.07, 6.45) is 3.22. The lowest BCUT2D eigenvalue weighted by molar-refractivity contribution is 0.0503. The van der Waals surface area contributed by atoms with Gasteiger partial charge >= 0.3 is 0 Å². The predicted octanol–water partition coefficient (Wildman–Crippen LogP) is 2.26. The van der Waals surface area contributed by atoms with Crippen molar-refractivity contribution in [2.45, 2.75) is 18.9 Å². The SMILES string of the molecule is CN1CCC[C@H](N2C(=O)c3cc4nc(-c5c(Cl)cc[nH]c5=O)[nH]c4cc3C2=O)C1. The number of hydrogen-bond acceptors (Lipinski definition) is 5. The Morgan fingerprint density at radius 2 is 1.93 bits per heavy atom. The molecule has 1 atom stereocenters. The largest absolute Gasteiger partial charge is 0.338 e. The summed E-state index contributed by atoms with van der Waals surface area (Å²) in [6.45, 7) is 1.65. The maximum Gasteiger partial charge on any atom is 0.261 e. The van der Waals surface area contributed by atoms with E-state index in [0.717, 1.165) is 19.4 Å². The summed E-state index contributed by atoms with van der Waals surface area (Å²) in [7, 11) is 2.00. The number of nitrogens with one attached hydrogen (secondary N) is 2. The van der Waals surface area contributed by atoms with Crippen molar-refractivity contribution < 1.29 is 9.59 Å². The van der Waals surface area contributed by atoms with Crippen molar-refractivity contribution in [1.29, 1.82) is 0 Å². The van der Waals surface area contributed by atoms with Crippen molar-refractivity contribution >= 4 is 34.4 Å². The number of likely N-dealkylation sites (tertiary alicyclic amines) is 1. The van der Waals surface area contributed by atoms with E-state index < -0.39 is 0 Å². The number of amides is 2. The number of imidazole rings is 1. The molecule has 0 radical (unpaired) electrons. The van der Waals surface area contributed by atoms with Crippen molar-refractivity contribution in [2.24, 2.45) is 0 Å². The van der Waals surface area contributed by atoms with Crippen molar-refractivity contribution in [1.82, 2.24) is 24.8 Å². The number of aromatic amines is 2. The van der Waals surface area contributed by atoms with E-state index in [2.05, 4.69) is 19.9 Å². The molecule has 0 aliphatic carbocycles. The van der Waals surface area contributed by atoms with Gasteiger partial charge in [-0.2, -0.15) is 0 Å². The van der Waals surface area contributed by atoms with Gasteiger partial charge in [-0.1, -0.05) is 11.6 Å². The van der Waals surface area contributed by atoms with Crippen LogP contribution in [0.5, 0.6) is 0 Å². The fourth-order valence-corrected chi connectivity index (χ4v) is 4.48. The topological polar surface area (TPSA) is 102 Å². The quantitative estimate of drug-likeness (QED) is 0.630. The Bertz CT molecular complexity index is 1180. The fourth-order valence-electron chi connectivity index (χ4n) is 4.24. The average Bonchev–Trinajstić information content (AvgIpc) is 3.19. The van der Waals surface area contributed by atoms with Crippen LogP contribution in [0.3, 0.4) is 0 Å². The van der Waals surface area contributed by atoms with Crippen LogP contribution in [0.2, 0.25) is 5.02 Å². The number of aromatic nitrogens is 3. The van der Waals surface area contributed by atoms with E-state index in [-0.39, 0.29) is 34.0 Å². The van der Waals surface area contributed by atoms with Gasteiger partial charge in [-0.25, -0.2) is 4.98 Å². The van der Waals surface area contributed by atoms with Crippen LogP contribution >= 0.6 is 11.6 Å². The van der Waals surface area contributed by atoms with Gasteiger partial charge in [0.15, 0.2) is 0 Å². The zero-order chi connectivity index (χ0) is 20.3. The van der Waals surface area contributed by atoms with Crippen LogP contribution in [0.1, 0.15) is 33.6 Å². The molecule has 2 aliphatic heterocycles. The first-order valence-corrected chi connectivity index (χ1v) is 9.79. The molecule has 5 rings (SSSR count). The van der Waals surface area contributed by atoms with E-state index in [0.29, 0.717) is 34.5 Å². The lowest BCUT2D eigenvalue weighted by atomic mass is 10.0. The Labute approximate surface area is 170 Å². The number of likely N-dealkylation sites (N-methyl/N-ethyl adjacent to an activating group) is 1. The lowest BCUT2D eigenvalue weighted by Crippen LogP contribution is -2.49. The number of carbonyl (C=O) groups is 2. The maximum absolute atomic E-state index is 13.0. The summed E-state index contributed by atoms with van der Waals surface area (Å²) in [6, 6.07) is 4.70. The first kappa shape index (κ1) is 18.1. The van der Waals surface area contributed by atoms with E-state index in [4.69, 9.17) is 11.6 Å². The Hall–Kier alpha value is -2.97. The van der Waals surface area contributed by atoms with Gasteiger partial charge in [-0.3, -0.25) is 19.3 Å². The van der Waals surface area contributed by atoms with Crippen molar-refractivity contribution in [2.75, 3.05) is 20.1 Å². The molecule has 148 valence electrons. The lowest BCUT2D eigenvalue weighted by Gasteiger charge is -2.34. The van der Waals surface area contributed by atoms with Crippen LogP contribution in [0.25, 0.3) is 22.4 Å². The molecule has 3 aromatic rings. The van der Waals surface area contributed by atoms with E-state index in [1.807, 2.05) is 7.05 Å². The van der Waals surface area contributed by atoms with Crippen molar-refractivity contribution in [3.63, 3.8) is 0 Å². The zero-order valence-corrected chi connectivity index (χ0v) is 16.4. The summed E-state index contributed by atoms with van der Waals surface area (Å²) < 4.78 is 0. The van der Waals surface area contributed by atoms with Crippen LogP contribution in [0.4, 0.5) is 0 Å². The van der Waals surface area contributed by atoms with E-state index in [1.54, 1.807) is 18.2 Å². The van der Waals surface area contributed by atoms with Crippen LogP contribution in [0.15, 0.2) is 29.2 Å². The molecule has 29 heavy (non-hydrogen) atoms. The highest BCUT2D eigenvalue weighted by Crippen LogP contribution is 2.32. The summed E-state index contributed by atoms with van der Waals surface area (Å²) in [5, 5.41) is 0.264. The Kier molecular flexibility index (Phi) is 4.07. The minimum absolute atomic E-state index is 0.121. The van der Waals surface area contributed by atoms with Gasteiger partial charge < -0.3 is 14.9 Å². The smallest absolute Gasteiger partial charge is 0.261 e. The standard InChI is InChI=1S/C20H18ClN5O3/c1-25-6-2-3-10(9-25)26-19(28)11-7-14-15(8-12(11)20(26)29)24-17(23-14)16-13(21)4-5-22-18(16)27/h4-5,7-8,10H,2-3,6,9H2,1H3,(H,22,27)(H,23,24)/t10-/m0/s1. The molecule has 2 amide bonds. The number of imide groups is 1. The molecule has 0 unspecified atom stereocenters. The number of halogens is 1. The van der Waals surface area contributed by atoms with Crippen LogP contribution < -0.4 is 5.56 Å². The Balaban J connectivity index is 1.57. The second-order valence-corrected chi connectivity index (χ2v) is 7.98. The molecule has 1 saturated heterocycles. The van der Waals surface area contributed by atoms with Crippen LogP contribution in [0, 0.1) is 0 Å². The van der Waals surface area contributed by atoms with Crippen LogP contribution in [-0.2, 0) is 0 Å². The molecule has 0 spiro atoms. The number of H-pyrrole nitrogens is 2. The molecule has 9 heteroatoms. The Morgan fingerprint density at radius 3 is 2.66 bits per heavy atom. The monoisotopic (exact) mass is 411 g/mol. The van der Waals surface area contributed by atoms with Gasteiger partial charge in [-0.05, 0) is 44.6 Å². The predicted molar refractivity (Wildman–Crippen MR) is 108 cm³/mol. The van der Waals surface area contributed by atoms with Gasteiger partial charge in [0, 0.05) is 12.7 Å². The van der Waals surface area contributed by atoms with Gasteiger partial charge in [-0.15, -0.1) is 0 Å². The van der Waals surface area contributed by atoms with Gasteiger partial charge in [0.05, 0.1) is 33.2 Å². The first-order valence-electron chi connectivity index (χ1n) is 9.42. The van der Waals surface area contributed by atoms with E-state index in [9.17, 15) is 14.4 Å². The molecule has 4 heterocycles. The number of benzene rings is 1. The number of pyridine rings is 1. The van der Waals surface area contributed by atoms with E-state index >= 15 is 0 Å². The molecule has 1 aromatic carbocycles. The molecule has 2 aliphatic rings.